The fourth-order valence-electron chi connectivity index (χ4n) is 5.24. The fraction of sp³-hybridized carbons (Fsp3) is 0.528. The molecule has 3 aromatic rings. The zero-order valence-electron chi connectivity index (χ0n) is 24.1. The van der Waals surface area contributed by atoms with Crippen LogP contribution in [0.15, 0.2) is 60.7 Å². The standard InChI is InChI=1S/C36H50FN/c1-3-5-7-9-11-13-15-17-19-34-28-29-35(38-36(34)37)33-26-24-32(25-27-33)31-22-20-30(21-23-31)18-16-14-12-10-8-6-4-2/h20-29H,3-19H2,1-2H3. The van der Waals surface area contributed by atoms with Crippen LogP contribution in [0.2, 0.25) is 0 Å². The second-order valence-electron chi connectivity index (χ2n) is 11.0. The quantitative estimate of drug-likeness (QED) is 0.114. The molecular weight excluding hydrogens is 465 g/mol. The molecule has 0 unspecified atom stereocenters. The molecule has 0 radical (unpaired) electrons. The van der Waals surface area contributed by atoms with E-state index >= 15 is 0 Å². The number of unbranched alkanes of at least 4 members (excludes halogenated alkanes) is 13. The molecule has 0 aliphatic heterocycles. The Bertz CT molecular complexity index is 1020. The Morgan fingerprint density at radius 3 is 1.45 bits per heavy atom. The molecule has 0 atom stereocenters. The summed E-state index contributed by atoms with van der Waals surface area (Å²) in [5.41, 5.74) is 6.24. The van der Waals surface area contributed by atoms with E-state index < -0.39 is 0 Å². The molecule has 0 aliphatic rings. The molecule has 3 rings (SSSR count). The summed E-state index contributed by atoms with van der Waals surface area (Å²) in [4.78, 5) is 4.30. The lowest BCUT2D eigenvalue weighted by Gasteiger charge is -2.08. The molecular formula is C36H50FN. The Morgan fingerprint density at radius 1 is 0.474 bits per heavy atom. The minimum absolute atomic E-state index is 0.314. The van der Waals surface area contributed by atoms with E-state index in [-0.39, 0.29) is 5.95 Å². The second kappa shape index (κ2) is 17.9. The highest BCUT2D eigenvalue weighted by Gasteiger charge is 2.08. The number of benzene rings is 2. The van der Waals surface area contributed by atoms with Gasteiger partial charge in [-0.15, -0.1) is 0 Å². The lowest BCUT2D eigenvalue weighted by atomic mass is 9.99. The van der Waals surface area contributed by atoms with Gasteiger partial charge in [-0.2, -0.15) is 4.39 Å². The van der Waals surface area contributed by atoms with Gasteiger partial charge in [0.25, 0.3) is 0 Å². The predicted molar refractivity (Wildman–Crippen MR) is 163 cm³/mol. The Labute approximate surface area is 232 Å². The molecule has 2 aromatic carbocycles. The largest absolute Gasteiger partial charge is 0.219 e. The van der Waals surface area contributed by atoms with Gasteiger partial charge in [-0.25, -0.2) is 4.98 Å². The highest BCUT2D eigenvalue weighted by molar-refractivity contribution is 5.69. The Balaban J connectivity index is 1.44. The first kappa shape index (κ1) is 30.1. The number of hydrogen-bond donors (Lipinski definition) is 0. The maximum Gasteiger partial charge on any atom is 0.216 e. The van der Waals surface area contributed by atoms with Crippen molar-refractivity contribution in [2.24, 2.45) is 0 Å². The minimum Gasteiger partial charge on any atom is -0.219 e. The molecule has 0 amide bonds. The average molecular weight is 516 g/mol. The lowest BCUT2D eigenvalue weighted by molar-refractivity contribution is 0.548. The molecule has 0 N–H and O–H groups in total. The number of aryl methyl sites for hydroxylation is 2. The van der Waals surface area contributed by atoms with Crippen molar-refractivity contribution in [3.8, 4) is 22.4 Å². The van der Waals surface area contributed by atoms with E-state index in [1.165, 1.54) is 113 Å². The van der Waals surface area contributed by atoms with Crippen molar-refractivity contribution in [3.63, 3.8) is 0 Å². The van der Waals surface area contributed by atoms with E-state index in [1.807, 2.05) is 12.1 Å². The maximum atomic E-state index is 14.7. The molecule has 0 bridgehead atoms. The summed E-state index contributed by atoms with van der Waals surface area (Å²) < 4.78 is 14.7. The van der Waals surface area contributed by atoms with Crippen molar-refractivity contribution < 1.29 is 4.39 Å². The summed E-state index contributed by atoms with van der Waals surface area (Å²) in [5.74, 6) is -0.314. The van der Waals surface area contributed by atoms with Crippen LogP contribution in [0.3, 0.4) is 0 Å². The molecule has 2 heteroatoms. The first-order chi connectivity index (χ1) is 18.7. The molecule has 0 spiro atoms. The van der Waals surface area contributed by atoms with Crippen molar-refractivity contribution in [1.82, 2.24) is 4.98 Å². The summed E-state index contributed by atoms with van der Waals surface area (Å²) in [5, 5.41) is 0. The number of pyridine rings is 1. The summed E-state index contributed by atoms with van der Waals surface area (Å²) in [6.07, 6.45) is 21.5. The van der Waals surface area contributed by atoms with E-state index in [2.05, 4.69) is 67.4 Å². The topological polar surface area (TPSA) is 12.9 Å². The summed E-state index contributed by atoms with van der Waals surface area (Å²) >= 11 is 0. The number of halogens is 1. The smallest absolute Gasteiger partial charge is 0.216 e. The number of aromatic nitrogens is 1. The van der Waals surface area contributed by atoms with Crippen LogP contribution in [0.4, 0.5) is 4.39 Å². The van der Waals surface area contributed by atoms with Gasteiger partial charge in [-0.05, 0) is 48.4 Å². The van der Waals surface area contributed by atoms with Crippen LogP contribution in [0, 0.1) is 5.95 Å². The molecule has 0 fully saturated rings. The van der Waals surface area contributed by atoms with E-state index in [0.29, 0.717) is 5.69 Å². The molecule has 1 nitrogen and oxygen atoms in total. The maximum absolute atomic E-state index is 14.7. The fourth-order valence-corrected chi connectivity index (χ4v) is 5.24. The number of rotatable bonds is 19. The normalized spacial score (nSPS) is 11.2. The Morgan fingerprint density at radius 2 is 0.921 bits per heavy atom. The molecule has 1 heterocycles. The van der Waals surface area contributed by atoms with Crippen LogP contribution in [0.25, 0.3) is 22.4 Å². The molecule has 1 aromatic heterocycles. The van der Waals surface area contributed by atoms with Gasteiger partial charge in [0.2, 0.25) is 5.95 Å². The van der Waals surface area contributed by atoms with E-state index in [9.17, 15) is 4.39 Å². The number of hydrogen-bond acceptors (Lipinski definition) is 1. The third-order valence-corrected chi connectivity index (χ3v) is 7.76. The van der Waals surface area contributed by atoms with Gasteiger partial charge in [-0.1, -0.05) is 152 Å². The molecule has 0 aliphatic carbocycles. The lowest BCUT2D eigenvalue weighted by Crippen LogP contribution is -1.96. The van der Waals surface area contributed by atoms with Gasteiger partial charge >= 0.3 is 0 Å². The van der Waals surface area contributed by atoms with Crippen LogP contribution in [0.5, 0.6) is 0 Å². The zero-order valence-corrected chi connectivity index (χ0v) is 24.1. The molecule has 0 saturated heterocycles. The Hall–Kier alpha value is -2.48. The zero-order chi connectivity index (χ0) is 26.8. The number of nitrogens with zero attached hydrogens (tertiary/aromatic N) is 1. The summed E-state index contributed by atoms with van der Waals surface area (Å²) in [6.45, 7) is 4.52. The van der Waals surface area contributed by atoms with E-state index in [1.54, 1.807) is 0 Å². The Kier molecular flexibility index (Phi) is 14.2. The van der Waals surface area contributed by atoms with Gasteiger partial charge in [-0.3, -0.25) is 0 Å². The first-order valence-corrected chi connectivity index (χ1v) is 15.6. The van der Waals surface area contributed by atoms with Crippen molar-refractivity contribution in [2.75, 3.05) is 0 Å². The van der Waals surface area contributed by atoms with Gasteiger partial charge in [0.15, 0.2) is 0 Å². The van der Waals surface area contributed by atoms with Crippen LogP contribution in [-0.4, -0.2) is 4.98 Å². The molecule has 0 saturated carbocycles. The second-order valence-corrected chi connectivity index (χ2v) is 11.0. The van der Waals surface area contributed by atoms with Gasteiger partial charge in [0.1, 0.15) is 0 Å². The molecule has 38 heavy (non-hydrogen) atoms. The third-order valence-electron chi connectivity index (χ3n) is 7.76. The first-order valence-electron chi connectivity index (χ1n) is 15.6. The van der Waals surface area contributed by atoms with Crippen LogP contribution < -0.4 is 0 Å². The summed E-state index contributed by atoms with van der Waals surface area (Å²) in [6, 6.07) is 21.2. The van der Waals surface area contributed by atoms with Gasteiger partial charge in [0.05, 0.1) is 5.69 Å². The predicted octanol–water partition coefficient (Wildman–Crippen LogP) is 11.5. The van der Waals surface area contributed by atoms with Crippen molar-refractivity contribution in [2.45, 2.75) is 123 Å². The minimum atomic E-state index is -0.314. The molecule has 206 valence electrons. The third kappa shape index (κ3) is 10.7. The van der Waals surface area contributed by atoms with Crippen LogP contribution >= 0.6 is 0 Å². The average Bonchev–Trinajstić information content (AvgIpc) is 2.95. The van der Waals surface area contributed by atoms with E-state index in [0.717, 1.165) is 24.0 Å². The van der Waals surface area contributed by atoms with Crippen molar-refractivity contribution in [1.29, 1.82) is 0 Å². The monoisotopic (exact) mass is 515 g/mol. The highest BCUT2D eigenvalue weighted by atomic mass is 19.1. The van der Waals surface area contributed by atoms with Gasteiger partial charge in [0, 0.05) is 11.1 Å². The van der Waals surface area contributed by atoms with Crippen LogP contribution in [-0.2, 0) is 12.8 Å². The van der Waals surface area contributed by atoms with Crippen molar-refractivity contribution >= 4 is 0 Å². The highest BCUT2D eigenvalue weighted by Crippen LogP contribution is 2.26. The van der Waals surface area contributed by atoms with Crippen LogP contribution in [0.1, 0.15) is 121 Å². The SMILES string of the molecule is CCCCCCCCCCc1ccc(-c2ccc(-c3ccc(CCCCCCCCC)cc3)cc2)nc1F. The van der Waals surface area contributed by atoms with Gasteiger partial charge < -0.3 is 0 Å². The van der Waals surface area contributed by atoms with E-state index in [4.69, 9.17) is 0 Å². The van der Waals surface area contributed by atoms with Crippen molar-refractivity contribution in [3.05, 3.63) is 77.7 Å². The summed E-state index contributed by atoms with van der Waals surface area (Å²) in [7, 11) is 0.